The van der Waals surface area contributed by atoms with Crippen molar-refractivity contribution in [1.29, 1.82) is 0 Å². The van der Waals surface area contributed by atoms with E-state index in [1.807, 2.05) is 0 Å². The Labute approximate surface area is 110 Å². The molecule has 2 atom stereocenters. The Morgan fingerprint density at radius 1 is 1.11 bits per heavy atom. The minimum atomic E-state index is -0.0586. The van der Waals surface area contributed by atoms with E-state index < -0.39 is 0 Å². The molecule has 98 valence electrons. The summed E-state index contributed by atoms with van der Waals surface area (Å²) >= 11 is 0. The lowest BCUT2D eigenvalue weighted by molar-refractivity contribution is 0.0308. The number of aliphatic hydroxyl groups is 1. The van der Waals surface area contributed by atoms with Crippen molar-refractivity contribution in [2.45, 2.75) is 64.3 Å². The summed E-state index contributed by atoms with van der Waals surface area (Å²) < 4.78 is 0. The fourth-order valence-corrected chi connectivity index (χ4v) is 3.78. The second kappa shape index (κ2) is 4.67. The number of hydrogen-bond acceptors (Lipinski definition) is 2. The van der Waals surface area contributed by atoms with Gasteiger partial charge in [0.2, 0.25) is 0 Å². The summed E-state index contributed by atoms with van der Waals surface area (Å²) in [4.78, 5) is 2.64. The third-order valence-electron chi connectivity index (χ3n) is 4.84. The Morgan fingerprint density at radius 2 is 1.67 bits per heavy atom. The maximum Gasteiger partial charge on any atom is 0.0570 e. The van der Waals surface area contributed by atoms with Gasteiger partial charge >= 0.3 is 0 Å². The van der Waals surface area contributed by atoms with Crippen LogP contribution in [-0.4, -0.2) is 28.2 Å². The molecule has 0 spiro atoms. The average Bonchev–Trinajstić information content (AvgIpc) is 2.56. The van der Waals surface area contributed by atoms with Crippen LogP contribution in [0.3, 0.4) is 0 Å². The first-order chi connectivity index (χ1) is 8.65. The summed E-state index contributed by atoms with van der Waals surface area (Å²) in [7, 11) is 0. The van der Waals surface area contributed by atoms with Crippen LogP contribution in [-0.2, 0) is 6.54 Å². The molecule has 2 bridgehead atoms. The lowest BCUT2D eigenvalue weighted by Crippen LogP contribution is -2.44. The van der Waals surface area contributed by atoms with E-state index in [1.54, 1.807) is 0 Å². The van der Waals surface area contributed by atoms with Gasteiger partial charge < -0.3 is 5.11 Å². The molecule has 1 aromatic rings. The highest BCUT2D eigenvalue weighted by Gasteiger charge is 2.40. The van der Waals surface area contributed by atoms with Crippen molar-refractivity contribution in [1.82, 2.24) is 4.90 Å². The Balaban J connectivity index is 1.81. The van der Waals surface area contributed by atoms with Crippen LogP contribution in [0.5, 0.6) is 0 Å². The summed E-state index contributed by atoms with van der Waals surface area (Å²) in [6.45, 7) is 5.49. The van der Waals surface area contributed by atoms with Gasteiger partial charge in [-0.2, -0.15) is 0 Å². The smallest absolute Gasteiger partial charge is 0.0570 e. The predicted octanol–water partition coefficient (Wildman–Crippen LogP) is 2.79. The zero-order valence-electron chi connectivity index (χ0n) is 11.4. The van der Waals surface area contributed by atoms with Crippen molar-refractivity contribution in [3.05, 3.63) is 34.9 Å². The molecule has 3 rings (SSSR count). The Morgan fingerprint density at radius 3 is 2.22 bits per heavy atom. The van der Waals surface area contributed by atoms with Gasteiger partial charge in [0.1, 0.15) is 0 Å². The van der Waals surface area contributed by atoms with Gasteiger partial charge in [-0.05, 0) is 56.2 Å². The lowest BCUT2D eigenvalue weighted by Gasteiger charge is -2.37. The molecule has 0 radical (unpaired) electrons. The maximum absolute atomic E-state index is 9.86. The molecule has 1 aromatic carbocycles. The summed E-state index contributed by atoms with van der Waals surface area (Å²) in [5.41, 5.74) is 4.30. The number of benzene rings is 1. The van der Waals surface area contributed by atoms with E-state index in [4.69, 9.17) is 0 Å². The number of piperidine rings is 1. The number of nitrogens with zero attached hydrogens (tertiary/aromatic N) is 1. The third kappa shape index (κ3) is 2.08. The molecule has 0 amide bonds. The topological polar surface area (TPSA) is 23.5 Å². The molecular weight excluding hydrogens is 222 g/mol. The van der Waals surface area contributed by atoms with E-state index in [-0.39, 0.29) is 6.10 Å². The van der Waals surface area contributed by atoms with Crippen LogP contribution in [0.4, 0.5) is 0 Å². The number of hydrogen-bond donors (Lipinski definition) is 1. The zero-order chi connectivity index (χ0) is 12.7. The molecule has 2 fully saturated rings. The highest BCUT2D eigenvalue weighted by atomic mass is 16.3. The van der Waals surface area contributed by atoms with Gasteiger partial charge in [0, 0.05) is 18.6 Å². The van der Waals surface area contributed by atoms with Crippen LogP contribution < -0.4 is 0 Å². The molecule has 0 aliphatic carbocycles. The van der Waals surface area contributed by atoms with Crippen LogP contribution in [0.15, 0.2) is 18.2 Å². The van der Waals surface area contributed by atoms with Crippen LogP contribution in [0, 0.1) is 13.8 Å². The molecule has 2 nitrogen and oxygen atoms in total. The van der Waals surface area contributed by atoms with E-state index in [0.29, 0.717) is 12.1 Å². The molecule has 2 aliphatic rings. The van der Waals surface area contributed by atoms with Crippen LogP contribution in [0.2, 0.25) is 0 Å². The molecule has 2 saturated heterocycles. The van der Waals surface area contributed by atoms with Gasteiger partial charge in [-0.3, -0.25) is 4.90 Å². The van der Waals surface area contributed by atoms with Gasteiger partial charge in [0.25, 0.3) is 0 Å². The van der Waals surface area contributed by atoms with Crippen molar-refractivity contribution in [3.8, 4) is 0 Å². The second-order valence-corrected chi connectivity index (χ2v) is 6.05. The number of rotatable bonds is 2. The standard InChI is InChI=1S/C16H23NO/c1-11-4-3-5-12(2)16(11)10-17-13-6-7-14(17)9-15(18)8-13/h3-5,13-15,18H,6-10H2,1-2H3. The number of aliphatic hydroxyl groups excluding tert-OH is 1. The first-order valence-corrected chi connectivity index (χ1v) is 7.14. The normalized spacial score (nSPS) is 31.8. The Hall–Kier alpha value is -0.860. The quantitative estimate of drug-likeness (QED) is 0.866. The monoisotopic (exact) mass is 245 g/mol. The molecule has 2 heteroatoms. The fraction of sp³-hybridized carbons (Fsp3) is 0.625. The predicted molar refractivity (Wildman–Crippen MR) is 73.5 cm³/mol. The minimum absolute atomic E-state index is 0.0586. The van der Waals surface area contributed by atoms with Gasteiger partial charge in [-0.1, -0.05) is 18.2 Å². The van der Waals surface area contributed by atoms with E-state index in [2.05, 4.69) is 36.9 Å². The SMILES string of the molecule is Cc1cccc(C)c1CN1C2CCC1CC(O)C2. The van der Waals surface area contributed by atoms with Crippen molar-refractivity contribution < 1.29 is 5.11 Å². The second-order valence-electron chi connectivity index (χ2n) is 6.05. The molecule has 0 aromatic heterocycles. The van der Waals surface area contributed by atoms with Gasteiger partial charge in [0.05, 0.1) is 6.10 Å². The highest BCUT2D eigenvalue weighted by Crippen LogP contribution is 2.37. The first-order valence-electron chi connectivity index (χ1n) is 7.14. The van der Waals surface area contributed by atoms with E-state index in [0.717, 1.165) is 19.4 Å². The summed E-state index contributed by atoms with van der Waals surface area (Å²) in [6.07, 6.45) is 4.43. The number of fused-ring (bicyclic) bond motifs is 2. The minimum Gasteiger partial charge on any atom is -0.393 e. The van der Waals surface area contributed by atoms with Crippen LogP contribution in [0.25, 0.3) is 0 Å². The third-order valence-corrected chi connectivity index (χ3v) is 4.84. The van der Waals surface area contributed by atoms with Crippen molar-refractivity contribution in [2.24, 2.45) is 0 Å². The molecule has 2 aliphatic heterocycles. The summed E-state index contributed by atoms with van der Waals surface area (Å²) in [5, 5.41) is 9.86. The van der Waals surface area contributed by atoms with E-state index in [1.165, 1.54) is 29.5 Å². The van der Waals surface area contributed by atoms with Crippen LogP contribution in [0.1, 0.15) is 42.4 Å². The fourth-order valence-electron chi connectivity index (χ4n) is 3.78. The van der Waals surface area contributed by atoms with E-state index >= 15 is 0 Å². The average molecular weight is 245 g/mol. The van der Waals surface area contributed by atoms with Crippen molar-refractivity contribution in [2.75, 3.05) is 0 Å². The van der Waals surface area contributed by atoms with Crippen LogP contribution >= 0.6 is 0 Å². The zero-order valence-corrected chi connectivity index (χ0v) is 11.4. The van der Waals surface area contributed by atoms with Gasteiger partial charge in [0.15, 0.2) is 0 Å². The summed E-state index contributed by atoms with van der Waals surface area (Å²) in [5.74, 6) is 0. The molecule has 1 N–H and O–H groups in total. The van der Waals surface area contributed by atoms with Gasteiger partial charge in [-0.15, -0.1) is 0 Å². The molecule has 2 heterocycles. The van der Waals surface area contributed by atoms with E-state index in [9.17, 15) is 5.11 Å². The van der Waals surface area contributed by atoms with Crippen molar-refractivity contribution >= 4 is 0 Å². The Kier molecular flexibility index (Phi) is 3.16. The van der Waals surface area contributed by atoms with Crippen molar-refractivity contribution in [3.63, 3.8) is 0 Å². The maximum atomic E-state index is 9.86. The summed E-state index contributed by atoms with van der Waals surface area (Å²) in [6, 6.07) is 7.78. The molecule has 2 unspecified atom stereocenters. The first kappa shape index (κ1) is 12.2. The van der Waals surface area contributed by atoms with Gasteiger partial charge in [-0.25, -0.2) is 0 Å². The lowest BCUT2D eigenvalue weighted by atomic mass is 9.96. The molecule has 0 saturated carbocycles. The molecular formula is C16H23NO. The largest absolute Gasteiger partial charge is 0.393 e. The highest BCUT2D eigenvalue weighted by molar-refractivity contribution is 5.33. The Bertz CT molecular complexity index is 408. The molecule has 18 heavy (non-hydrogen) atoms. The number of aryl methyl sites for hydroxylation is 2.